The Kier molecular flexibility index (Phi) is 9.69. The molecule has 0 aliphatic heterocycles. The number of hydrogen-bond acceptors (Lipinski definition) is 4. The van der Waals surface area contributed by atoms with Crippen molar-refractivity contribution in [3.05, 3.63) is 157 Å². The molecule has 0 aliphatic rings. The highest BCUT2D eigenvalue weighted by atomic mass is 31.1. The molecule has 0 amide bonds. The SMILES string of the molecule is CC(C)(C)c1cc2ccccc2cc1OPOc1cc2ccccc2cc1-c1cc2ccccc2cc1OPOc1cc2ccccc2cc1C(C)(C)C. The molecule has 8 aromatic carbocycles. The third kappa shape index (κ3) is 7.47. The second-order valence-electron chi connectivity index (χ2n) is 15.9. The summed E-state index contributed by atoms with van der Waals surface area (Å²) in [5.41, 5.74) is 3.90. The fraction of sp³-hybridized carbons (Fsp3) is 0.167. The van der Waals surface area contributed by atoms with Gasteiger partial charge >= 0.3 is 0 Å². The molecule has 0 radical (unpaired) electrons. The van der Waals surface area contributed by atoms with Crippen molar-refractivity contribution < 1.29 is 18.1 Å². The molecular weight excluding hydrogens is 702 g/mol. The third-order valence-corrected chi connectivity index (χ3v) is 11.1. The summed E-state index contributed by atoms with van der Waals surface area (Å²) in [4.78, 5) is 0. The predicted octanol–water partition coefficient (Wildman–Crippen LogP) is 14.5. The first-order valence-electron chi connectivity index (χ1n) is 18.3. The maximum absolute atomic E-state index is 6.64. The molecule has 0 saturated carbocycles. The average molecular weight is 747 g/mol. The van der Waals surface area contributed by atoms with Crippen LogP contribution in [0.4, 0.5) is 0 Å². The first-order valence-corrected chi connectivity index (χ1v) is 19.9. The van der Waals surface area contributed by atoms with Gasteiger partial charge in [0.05, 0.1) is 0 Å². The Hall–Kier alpha value is -5.14. The van der Waals surface area contributed by atoms with E-state index >= 15 is 0 Å². The van der Waals surface area contributed by atoms with Crippen molar-refractivity contribution >= 4 is 61.2 Å². The van der Waals surface area contributed by atoms with Crippen LogP contribution in [0.3, 0.4) is 0 Å². The van der Waals surface area contributed by atoms with E-state index in [4.69, 9.17) is 18.1 Å². The van der Waals surface area contributed by atoms with Gasteiger partial charge in [0.15, 0.2) is 0 Å². The lowest BCUT2D eigenvalue weighted by Crippen LogP contribution is -2.12. The van der Waals surface area contributed by atoms with Crippen LogP contribution in [0.1, 0.15) is 52.7 Å². The number of hydrogen-bond donors (Lipinski definition) is 0. The van der Waals surface area contributed by atoms with Crippen LogP contribution in [0.2, 0.25) is 0 Å². The van der Waals surface area contributed by atoms with E-state index in [9.17, 15) is 0 Å². The first kappa shape index (κ1) is 35.9. The average Bonchev–Trinajstić information content (AvgIpc) is 3.16. The van der Waals surface area contributed by atoms with Crippen molar-refractivity contribution in [2.75, 3.05) is 0 Å². The highest BCUT2D eigenvalue weighted by molar-refractivity contribution is 7.27. The monoisotopic (exact) mass is 746 g/mol. The van der Waals surface area contributed by atoms with Gasteiger partial charge in [0.25, 0.3) is 18.1 Å². The summed E-state index contributed by atoms with van der Waals surface area (Å²) in [6.45, 7) is 13.3. The zero-order valence-electron chi connectivity index (χ0n) is 31.5. The molecule has 0 N–H and O–H groups in total. The Bertz CT molecular complexity index is 2470. The van der Waals surface area contributed by atoms with Gasteiger partial charge in [-0.2, -0.15) is 0 Å². The molecule has 8 rings (SSSR count). The third-order valence-electron chi connectivity index (χ3n) is 9.90. The summed E-state index contributed by atoms with van der Waals surface area (Å²) in [6, 6.07) is 50.8. The normalized spacial score (nSPS) is 12.5. The second-order valence-corrected chi connectivity index (χ2v) is 17.0. The van der Waals surface area contributed by atoms with Crippen LogP contribution in [0.5, 0.6) is 23.0 Å². The van der Waals surface area contributed by atoms with Crippen LogP contribution in [0, 0.1) is 0 Å². The lowest BCUT2D eigenvalue weighted by Gasteiger charge is -2.24. The minimum Gasteiger partial charge on any atom is -0.440 e. The van der Waals surface area contributed by atoms with Gasteiger partial charge in [-0.25, -0.2) is 0 Å². The molecule has 4 nitrogen and oxygen atoms in total. The number of benzene rings is 8. The minimum atomic E-state index is -0.273. The Morgan fingerprint density at radius 3 is 0.852 bits per heavy atom. The largest absolute Gasteiger partial charge is 0.440 e. The van der Waals surface area contributed by atoms with Gasteiger partial charge in [-0.05, 0) is 102 Å². The Balaban J connectivity index is 1.15. The molecule has 2 unspecified atom stereocenters. The minimum absolute atomic E-state index is 0.112. The predicted molar refractivity (Wildman–Crippen MR) is 231 cm³/mol. The molecule has 0 saturated heterocycles. The molecular formula is C48H44O4P2. The van der Waals surface area contributed by atoms with E-state index in [1.807, 2.05) is 0 Å². The van der Waals surface area contributed by atoms with Crippen molar-refractivity contribution in [2.45, 2.75) is 52.4 Å². The van der Waals surface area contributed by atoms with E-state index < -0.39 is 0 Å². The number of rotatable bonds is 9. The topological polar surface area (TPSA) is 36.9 Å². The molecule has 8 aromatic rings. The molecule has 0 fully saturated rings. The summed E-state index contributed by atoms with van der Waals surface area (Å²) < 4.78 is 26.3. The molecule has 2 atom stereocenters. The Morgan fingerprint density at radius 2 is 0.556 bits per heavy atom. The van der Waals surface area contributed by atoms with Gasteiger partial charge < -0.3 is 18.1 Å². The zero-order valence-corrected chi connectivity index (χ0v) is 33.5. The summed E-state index contributed by atoms with van der Waals surface area (Å²) >= 11 is 0. The summed E-state index contributed by atoms with van der Waals surface area (Å²) in [6.07, 6.45) is 0. The van der Waals surface area contributed by atoms with Gasteiger partial charge in [0.2, 0.25) is 0 Å². The van der Waals surface area contributed by atoms with Crippen LogP contribution in [-0.2, 0) is 10.8 Å². The van der Waals surface area contributed by atoms with Gasteiger partial charge in [0, 0.05) is 22.3 Å². The second kappa shape index (κ2) is 14.6. The molecule has 54 heavy (non-hydrogen) atoms. The lowest BCUT2D eigenvalue weighted by atomic mass is 9.85. The van der Waals surface area contributed by atoms with Crippen LogP contribution in [-0.4, -0.2) is 0 Å². The van der Waals surface area contributed by atoms with Crippen LogP contribution < -0.4 is 18.1 Å². The molecule has 270 valence electrons. The summed E-state index contributed by atoms with van der Waals surface area (Å²) in [5.74, 6) is 3.11. The van der Waals surface area contributed by atoms with E-state index in [1.54, 1.807) is 0 Å². The smallest absolute Gasteiger partial charge is 0.275 e. The van der Waals surface area contributed by atoms with Crippen LogP contribution >= 0.6 is 18.1 Å². The maximum Gasteiger partial charge on any atom is 0.275 e. The first-order chi connectivity index (χ1) is 26.0. The standard InChI is InChI=1S/C48H44O4P2/c1-47(2,3)41-25-33-17-9-13-21-37(33)29-45(41)51-53-49-43-27-35-19-11-7-15-31(35)23-39(43)40-24-32-16-8-12-20-36(32)28-44(40)50-54-52-46-30-38-22-14-10-18-34(38)26-42(46)48(4,5)6/h7-30,53-54H,1-6H3. The van der Waals surface area contributed by atoms with Gasteiger partial charge in [-0.3, -0.25) is 0 Å². The van der Waals surface area contributed by atoms with E-state index in [2.05, 4.69) is 187 Å². The van der Waals surface area contributed by atoms with Crippen molar-refractivity contribution in [3.8, 4) is 34.1 Å². The Labute approximate surface area is 321 Å². The molecule has 0 spiro atoms. The fourth-order valence-corrected chi connectivity index (χ4v) is 8.15. The van der Waals surface area contributed by atoms with Gasteiger partial charge in [0.1, 0.15) is 23.0 Å². The summed E-state index contributed by atoms with van der Waals surface area (Å²) in [7, 11) is -0.546. The van der Waals surface area contributed by atoms with Crippen molar-refractivity contribution in [1.29, 1.82) is 0 Å². The molecule has 0 aliphatic carbocycles. The van der Waals surface area contributed by atoms with Crippen LogP contribution in [0.25, 0.3) is 54.2 Å². The molecule has 0 bridgehead atoms. The Morgan fingerprint density at radius 1 is 0.315 bits per heavy atom. The van der Waals surface area contributed by atoms with E-state index in [-0.39, 0.29) is 28.9 Å². The van der Waals surface area contributed by atoms with Crippen LogP contribution in [0.15, 0.2) is 146 Å². The van der Waals surface area contributed by atoms with Crippen molar-refractivity contribution in [1.82, 2.24) is 0 Å². The highest BCUT2D eigenvalue weighted by Gasteiger charge is 2.23. The van der Waals surface area contributed by atoms with Crippen molar-refractivity contribution in [2.24, 2.45) is 0 Å². The molecule has 6 heteroatoms. The van der Waals surface area contributed by atoms with Gasteiger partial charge in [-0.15, -0.1) is 0 Å². The molecule has 0 aromatic heterocycles. The summed E-state index contributed by atoms with van der Waals surface area (Å²) in [5, 5.41) is 9.05. The van der Waals surface area contributed by atoms with E-state index in [0.717, 1.165) is 77.6 Å². The molecule has 0 heterocycles. The van der Waals surface area contributed by atoms with Crippen molar-refractivity contribution in [3.63, 3.8) is 0 Å². The fourth-order valence-electron chi connectivity index (χ4n) is 7.03. The quantitative estimate of drug-likeness (QED) is 0.138. The zero-order chi connectivity index (χ0) is 37.5. The highest BCUT2D eigenvalue weighted by Crippen LogP contribution is 2.46. The van der Waals surface area contributed by atoms with Gasteiger partial charge in [-0.1, -0.05) is 139 Å². The van der Waals surface area contributed by atoms with E-state index in [0.29, 0.717) is 0 Å². The lowest BCUT2D eigenvalue weighted by molar-refractivity contribution is 0.491. The van der Waals surface area contributed by atoms with E-state index in [1.165, 1.54) is 10.8 Å². The maximum atomic E-state index is 6.64. The number of fused-ring (bicyclic) bond motifs is 4.